The van der Waals surface area contributed by atoms with Gasteiger partial charge in [0.2, 0.25) is 0 Å². The Bertz CT molecular complexity index is 932. The molecule has 0 aliphatic carbocycles. The normalized spacial score (nSPS) is 20.8. The van der Waals surface area contributed by atoms with E-state index in [9.17, 15) is 4.79 Å². The predicted octanol–water partition coefficient (Wildman–Crippen LogP) is 3.74. The second-order valence-electron chi connectivity index (χ2n) is 6.48. The van der Waals surface area contributed by atoms with Gasteiger partial charge in [-0.3, -0.25) is 0 Å². The van der Waals surface area contributed by atoms with E-state index in [2.05, 4.69) is 17.5 Å². The van der Waals surface area contributed by atoms with Crippen LogP contribution in [0.5, 0.6) is 0 Å². The van der Waals surface area contributed by atoms with Crippen molar-refractivity contribution in [1.29, 1.82) is 0 Å². The number of likely N-dealkylation sites (tertiary alicyclic amines) is 1. The molecule has 0 amide bonds. The van der Waals surface area contributed by atoms with Gasteiger partial charge in [-0.1, -0.05) is 17.7 Å². The number of hydrogen-bond acceptors (Lipinski definition) is 3. The van der Waals surface area contributed by atoms with Crippen molar-refractivity contribution < 1.29 is 9.32 Å². The molecule has 0 saturated carbocycles. The minimum absolute atomic E-state index is 0.287. The Morgan fingerprint density at radius 2 is 2.25 bits per heavy atom. The van der Waals surface area contributed by atoms with Crippen LogP contribution in [0.4, 0.5) is 0 Å². The maximum atomic E-state index is 12.0. The molecule has 1 aliphatic rings. The molecule has 1 unspecified atom stereocenters. The molecule has 3 aromatic rings. The second kappa shape index (κ2) is 6.36. The van der Waals surface area contributed by atoms with Crippen molar-refractivity contribution >= 4 is 33.9 Å². The fourth-order valence-corrected chi connectivity index (χ4v) is 4.78. The number of aryl methyl sites for hydroxylation is 1. The number of rotatable bonds is 3. The maximum absolute atomic E-state index is 12.0. The molecular formula is C19H19ClNO2S+. The van der Waals surface area contributed by atoms with Gasteiger partial charge in [-0.15, -0.1) is 11.3 Å². The first-order chi connectivity index (χ1) is 11.6. The highest BCUT2D eigenvalue weighted by atomic mass is 35.5. The van der Waals surface area contributed by atoms with E-state index in [-0.39, 0.29) is 5.63 Å². The van der Waals surface area contributed by atoms with Crippen LogP contribution in [0.25, 0.3) is 11.0 Å². The van der Waals surface area contributed by atoms with Crippen molar-refractivity contribution in [1.82, 2.24) is 0 Å². The fraction of sp³-hybridized carbons (Fsp3) is 0.316. The number of hydrogen-bond donors (Lipinski definition) is 1. The Hall–Kier alpha value is -1.62. The van der Waals surface area contributed by atoms with Crippen LogP contribution >= 0.6 is 22.9 Å². The van der Waals surface area contributed by atoms with Crippen LogP contribution < -0.4 is 10.5 Å². The van der Waals surface area contributed by atoms with Crippen LogP contribution in [-0.2, 0) is 6.54 Å². The summed E-state index contributed by atoms with van der Waals surface area (Å²) in [6.07, 6.45) is 2.42. The fourth-order valence-electron chi connectivity index (χ4n) is 3.70. The summed E-state index contributed by atoms with van der Waals surface area (Å²) in [6.45, 7) is 3.88. The molecule has 0 bridgehead atoms. The number of nitrogens with one attached hydrogen (secondary N) is 1. The summed E-state index contributed by atoms with van der Waals surface area (Å²) < 4.78 is 5.38. The number of fused-ring (bicyclic) bond motifs is 1. The van der Waals surface area contributed by atoms with Gasteiger partial charge in [0.15, 0.2) is 0 Å². The first kappa shape index (κ1) is 15.9. The maximum Gasteiger partial charge on any atom is 0.336 e. The Kier molecular flexibility index (Phi) is 4.21. The van der Waals surface area contributed by atoms with Crippen molar-refractivity contribution in [2.45, 2.75) is 32.4 Å². The minimum Gasteiger partial charge on any atom is -0.423 e. The number of halogens is 1. The Balaban J connectivity index is 1.74. The summed E-state index contributed by atoms with van der Waals surface area (Å²) in [5, 5.41) is 3.80. The van der Waals surface area contributed by atoms with E-state index in [0.29, 0.717) is 16.6 Å². The molecule has 0 spiro atoms. The van der Waals surface area contributed by atoms with E-state index in [1.807, 2.05) is 30.4 Å². The molecule has 1 saturated heterocycles. The molecular weight excluding hydrogens is 342 g/mol. The number of quaternary nitrogens is 1. The van der Waals surface area contributed by atoms with Gasteiger partial charge in [-0.05, 0) is 36.1 Å². The topological polar surface area (TPSA) is 34.6 Å². The van der Waals surface area contributed by atoms with Crippen molar-refractivity contribution in [3.63, 3.8) is 0 Å². The second-order valence-corrected chi connectivity index (χ2v) is 7.87. The first-order valence-electron chi connectivity index (χ1n) is 8.22. The van der Waals surface area contributed by atoms with E-state index in [1.54, 1.807) is 6.07 Å². The molecule has 1 aliphatic heterocycles. The van der Waals surface area contributed by atoms with Crippen LogP contribution in [0.1, 0.15) is 34.9 Å². The van der Waals surface area contributed by atoms with Crippen LogP contribution in [0.15, 0.2) is 44.9 Å². The Morgan fingerprint density at radius 3 is 3.04 bits per heavy atom. The highest BCUT2D eigenvalue weighted by Gasteiger charge is 2.31. The predicted molar refractivity (Wildman–Crippen MR) is 98.1 cm³/mol. The zero-order valence-electron chi connectivity index (χ0n) is 13.5. The van der Waals surface area contributed by atoms with Gasteiger partial charge in [0.1, 0.15) is 18.2 Å². The van der Waals surface area contributed by atoms with Gasteiger partial charge >= 0.3 is 5.63 Å². The van der Waals surface area contributed by atoms with E-state index in [4.69, 9.17) is 16.0 Å². The lowest BCUT2D eigenvalue weighted by Crippen LogP contribution is -3.08. The average Bonchev–Trinajstić information content (AvgIpc) is 3.20. The lowest BCUT2D eigenvalue weighted by molar-refractivity contribution is -0.931. The molecule has 1 fully saturated rings. The zero-order chi connectivity index (χ0) is 16.7. The van der Waals surface area contributed by atoms with Crippen molar-refractivity contribution in [2.24, 2.45) is 0 Å². The highest BCUT2D eigenvalue weighted by molar-refractivity contribution is 7.10. The van der Waals surface area contributed by atoms with Crippen molar-refractivity contribution in [3.8, 4) is 0 Å². The van der Waals surface area contributed by atoms with Gasteiger partial charge in [0.25, 0.3) is 0 Å². The average molecular weight is 361 g/mol. The summed E-state index contributed by atoms with van der Waals surface area (Å²) >= 11 is 8.12. The van der Waals surface area contributed by atoms with Gasteiger partial charge in [0.05, 0.1) is 11.4 Å². The summed E-state index contributed by atoms with van der Waals surface area (Å²) in [6, 6.07) is 10.3. The quantitative estimate of drug-likeness (QED) is 0.722. The number of thiophene rings is 1. The summed E-state index contributed by atoms with van der Waals surface area (Å²) in [7, 11) is 0. The monoisotopic (exact) mass is 360 g/mol. The van der Waals surface area contributed by atoms with Crippen molar-refractivity contribution in [3.05, 3.63) is 67.2 Å². The molecule has 2 atom stereocenters. The van der Waals surface area contributed by atoms with E-state index >= 15 is 0 Å². The molecule has 3 nitrogen and oxygen atoms in total. The Morgan fingerprint density at radius 1 is 1.38 bits per heavy atom. The Labute approximate surface area is 149 Å². The van der Waals surface area contributed by atoms with Gasteiger partial charge < -0.3 is 9.32 Å². The van der Waals surface area contributed by atoms with Gasteiger partial charge in [-0.25, -0.2) is 4.79 Å². The lowest BCUT2D eigenvalue weighted by Gasteiger charge is -2.21. The van der Waals surface area contributed by atoms with Gasteiger partial charge in [0, 0.05) is 34.9 Å². The van der Waals surface area contributed by atoms with Gasteiger partial charge in [-0.2, -0.15) is 0 Å². The highest BCUT2D eigenvalue weighted by Crippen LogP contribution is 2.27. The van der Waals surface area contributed by atoms with Crippen LogP contribution in [0.2, 0.25) is 5.02 Å². The molecule has 1 aromatic carbocycles. The first-order valence-corrected chi connectivity index (χ1v) is 9.48. The lowest BCUT2D eigenvalue weighted by atomic mass is 10.1. The third kappa shape index (κ3) is 2.90. The summed E-state index contributed by atoms with van der Waals surface area (Å²) in [5.41, 5.74) is 2.30. The molecule has 24 heavy (non-hydrogen) atoms. The largest absolute Gasteiger partial charge is 0.423 e. The van der Waals surface area contributed by atoms with Crippen molar-refractivity contribution in [2.75, 3.05) is 6.54 Å². The zero-order valence-corrected chi connectivity index (χ0v) is 15.0. The molecule has 3 heterocycles. The SMILES string of the molecule is Cc1cc2oc(=O)cc(C[NH+]3CCC[C@@H]3c3cccs3)c2cc1Cl. The van der Waals surface area contributed by atoms with Crippen LogP contribution in [0, 0.1) is 6.92 Å². The number of benzene rings is 1. The summed E-state index contributed by atoms with van der Waals surface area (Å²) in [4.78, 5) is 14.9. The smallest absolute Gasteiger partial charge is 0.336 e. The van der Waals surface area contributed by atoms with Crippen LogP contribution in [0.3, 0.4) is 0 Å². The molecule has 124 valence electrons. The van der Waals surface area contributed by atoms with Crippen LogP contribution in [-0.4, -0.2) is 6.54 Å². The van der Waals surface area contributed by atoms with E-state index in [1.165, 1.54) is 22.6 Å². The standard InChI is InChI=1S/C19H18ClNO2S/c1-12-8-17-14(10-15(12)20)13(9-19(22)23-17)11-21-6-2-4-16(21)18-5-3-7-24-18/h3,5,7-10,16H,2,4,6,11H2,1H3/p+1/t16-/m1/s1. The molecule has 0 radical (unpaired) electrons. The minimum atomic E-state index is -0.287. The molecule has 5 heteroatoms. The molecule has 4 rings (SSSR count). The van der Waals surface area contributed by atoms with E-state index < -0.39 is 0 Å². The molecule has 1 N–H and O–H groups in total. The molecule has 2 aromatic heterocycles. The summed E-state index contributed by atoms with van der Waals surface area (Å²) in [5.74, 6) is 0. The third-order valence-corrected chi connectivity index (χ3v) is 6.29. The third-order valence-electron chi connectivity index (χ3n) is 4.90. The van der Waals surface area contributed by atoms with E-state index in [0.717, 1.165) is 29.6 Å².